The van der Waals surface area contributed by atoms with E-state index in [1.54, 1.807) is 0 Å². The monoisotopic (exact) mass is 265 g/mol. The second-order valence-electron chi connectivity index (χ2n) is 4.39. The number of aliphatic hydroxyl groups excluding tert-OH is 1. The molecule has 2 atom stereocenters. The second-order valence-corrected chi connectivity index (χ2v) is 6.27. The van der Waals surface area contributed by atoms with Gasteiger partial charge in [0.25, 0.3) is 0 Å². The Balaban J connectivity index is 2.39. The van der Waals surface area contributed by atoms with Gasteiger partial charge >= 0.3 is 5.97 Å². The molecule has 0 aliphatic heterocycles. The lowest BCUT2D eigenvalue weighted by atomic mass is 9.93. The first-order chi connectivity index (χ1) is 7.91. The third kappa shape index (κ3) is 5.47. The van der Waals surface area contributed by atoms with Gasteiger partial charge in [0.05, 0.1) is 11.9 Å². The molecule has 0 aromatic heterocycles. The van der Waals surface area contributed by atoms with Gasteiger partial charge in [0.1, 0.15) is 0 Å². The summed E-state index contributed by atoms with van der Waals surface area (Å²) in [6.45, 7) is 0. The fraction of sp³-hybridized carbons (Fsp3) is 0.900. The van der Waals surface area contributed by atoms with Crippen molar-refractivity contribution >= 4 is 16.0 Å². The first-order valence-corrected chi connectivity index (χ1v) is 7.46. The van der Waals surface area contributed by atoms with Gasteiger partial charge < -0.3 is 10.2 Å². The Kier molecular flexibility index (Phi) is 5.35. The van der Waals surface area contributed by atoms with Crippen molar-refractivity contribution in [2.45, 2.75) is 50.7 Å². The molecule has 0 radical (unpaired) electrons. The largest absolute Gasteiger partial charge is 0.481 e. The fourth-order valence-corrected chi connectivity index (χ4v) is 3.33. The third-order valence-corrected chi connectivity index (χ3v) is 4.35. The summed E-state index contributed by atoms with van der Waals surface area (Å²) in [5, 5.41) is 18.0. The van der Waals surface area contributed by atoms with Crippen LogP contribution < -0.4 is 4.72 Å². The lowest BCUT2D eigenvalue weighted by Crippen LogP contribution is -2.45. The maximum atomic E-state index is 11.6. The molecule has 1 aliphatic carbocycles. The minimum absolute atomic E-state index is 0.0908. The highest BCUT2D eigenvalue weighted by molar-refractivity contribution is 7.89. The zero-order valence-electron chi connectivity index (χ0n) is 9.63. The van der Waals surface area contributed by atoms with Gasteiger partial charge in [-0.3, -0.25) is 4.79 Å². The summed E-state index contributed by atoms with van der Waals surface area (Å²) in [5.41, 5.74) is 0. The number of nitrogens with one attached hydrogen (secondary N) is 1. The molecule has 7 heteroatoms. The molecule has 0 aromatic rings. The van der Waals surface area contributed by atoms with Crippen molar-refractivity contribution in [1.82, 2.24) is 4.72 Å². The molecule has 0 bridgehead atoms. The fourth-order valence-electron chi connectivity index (χ4n) is 1.95. The average Bonchev–Trinajstić information content (AvgIpc) is 2.20. The van der Waals surface area contributed by atoms with Crippen molar-refractivity contribution in [3.63, 3.8) is 0 Å². The number of rotatable bonds is 6. The van der Waals surface area contributed by atoms with Crippen LogP contribution in [0.15, 0.2) is 0 Å². The standard InChI is InChI=1S/C10H19NO5S/c12-9-5-2-1-4-8(9)11-17(15,16)7-3-6-10(13)14/h8-9,11-12H,1-7H2,(H,13,14). The molecule has 1 rings (SSSR count). The smallest absolute Gasteiger partial charge is 0.303 e. The van der Waals surface area contributed by atoms with Crippen molar-refractivity contribution in [2.75, 3.05) is 5.75 Å². The van der Waals surface area contributed by atoms with Gasteiger partial charge in [-0.1, -0.05) is 12.8 Å². The zero-order valence-corrected chi connectivity index (χ0v) is 10.4. The number of carboxylic acids is 1. The topological polar surface area (TPSA) is 104 Å². The average molecular weight is 265 g/mol. The molecule has 0 aromatic carbocycles. The van der Waals surface area contributed by atoms with Crippen LogP contribution in [0.4, 0.5) is 0 Å². The first-order valence-electron chi connectivity index (χ1n) is 5.80. The molecular weight excluding hydrogens is 246 g/mol. The number of aliphatic hydroxyl groups is 1. The minimum Gasteiger partial charge on any atom is -0.481 e. The van der Waals surface area contributed by atoms with E-state index in [1.807, 2.05) is 0 Å². The van der Waals surface area contributed by atoms with Crippen LogP contribution in [0, 0.1) is 0 Å². The quantitative estimate of drug-likeness (QED) is 0.630. The number of aliphatic carboxylic acids is 1. The molecule has 1 aliphatic rings. The summed E-state index contributed by atoms with van der Waals surface area (Å²) < 4.78 is 25.7. The molecular formula is C10H19NO5S. The van der Waals surface area contributed by atoms with E-state index in [9.17, 15) is 18.3 Å². The third-order valence-electron chi connectivity index (χ3n) is 2.86. The van der Waals surface area contributed by atoms with Gasteiger partial charge in [-0.15, -0.1) is 0 Å². The van der Waals surface area contributed by atoms with Crippen LogP contribution in [-0.4, -0.2) is 42.5 Å². The molecule has 1 saturated carbocycles. The highest BCUT2D eigenvalue weighted by atomic mass is 32.2. The molecule has 3 N–H and O–H groups in total. The Labute approximate surface area is 101 Å². The molecule has 1 fully saturated rings. The van der Waals surface area contributed by atoms with Crippen LogP contribution in [0.2, 0.25) is 0 Å². The van der Waals surface area contributed by atoms with Crippen molar-refractivity contribution < 1.29 is 23.4 Å². The second kappa shape index (κ2) is 6.32. The van der Waals surface area contributed by atoms with E-state index in [-0.39, 0.29) is 18.6 Å². The predicted molar refractivity (Wildman–Crippen MR) is 62.1 cm³/mol. The van der Waals surface area contributed by atoms with Crippen molar-refractivity contribution in [2.24, 2.45) is 0 Å². The summed E-state index contributed by atoms with van der Waals surface area (Å²) in [6, 6.07) is -0.418. The van der Waals surface area contributed by atoms with Gasteiger partial charge in [-0.2, -0.15) is 0 Å². The van der Waals surface area contributed by atoms with E-state index < -0.39 is 28.1 Å². The van der Waals surface area contributed by atoms with E-state index in [4.69, 9.17) is 5.11 Å². The number of carbonyl (C=O) groups is 1. The molecule has 0 heterocycles. The minimum atomic E-state index is -3.48. The maximum Gasteiger partial charge on any atom is 0.303 e. The molecule has 0 amide bonds. The Bertz CT molecular complexity index is 354. The van der Waals surface area contributed by atoms with Crippen molar-refractivity contribution in [1.29, 1.82) is 0 Å². The predicted octanol–water partition coefficient (Wildman–Crippen LogP) is 0.0741. The SMILES string of the molecule is O=C(O)CCCS(=O)(=O)NC1CCCCC1O. The van der Waals surface area contributed by atoms with Gasteiger partial charge in [0, 0.05) is 12.5 Å². The van der Waals surface area contributed by atoms with Crippen LogP contribution >= 0.6 is 0 Å². The van der Waals surface area contributed by atoms with Crippen LogP contribution in [0.25, 0.3) is 0 Å². The van der Waals surface area contributed by atoms with E-state index in [0.717, 1.165) is 12.8 Å². The Morgan fingerprint density at radius 2 is 1.94 bits per heavy atom. The molecule has 17 heavy (non-hydrogen) atoms. The number of hydrogen-bond acceptors (Lipinski definition) is 4. The van der Waals surface area contributed by atoms with Gasteiger partial charge in [-0.25, -0.2) is 13.1 Å². The number of sulfonamides is 1. The van der Waals surface area contributed by atoms with Crippen LogP contribution in [-0.2, 0) is 14.8 Å². The maximum absolute atomic E-state index is 11.6. The summed E-state index contributed by atoms with van der Waals surface area (Å²) >= 11 is 0. The Morgan fingerprint density at radius 3 is 2.53 bits per heavy atom. The lowest BCUT2D eigenvalue weighted by Gasteiger charge is -2.28. The molecule has 0 spiro atoms. The van der Waals surface area contributed by atoms with Crippen molar-refractivity contribution in [3.8, 4) is 0 Å². The highest BCUT2D eigenvalue weighted by Crippen LogP contribution is 2.19. The lowest BCUT2D eigenvalue weighted by molar-refractivity contribution is -0.137. The number of hydrogen-bond donors (Lipinski definition) is 3. The van der Waals surface area contributed by atoms with E-state index in [0.29, 0.717) is 12.8 Å². The zero-order chi connectivity index (χ0) is 12.9. The molecule has 100 valence electrons. The van der Waals surface area contributed by atoms with Crippen LogP contribution in [0.3, 0.4) is 0 Å². The Hall–Kier alpha value is -0.660. The van der Waals surface area contributed by atoms with E-state index in [1.165, 1.54) is 0 Å². The molecule has 0 saturated heterocycles. The Morgan fingerprint density at radius 1 is 1.29 bits per heavy atom. The van der Waals surface area contributed by atoms with Gasteiger partial charge in [-0.05, 0) is 19.3 Å². The number of carboxylic acid groups (broad SMARTS) is 1. The van der Waals surface area contributed by atoms with Crippen LogP contribution in [0.1, 0.15) is 38.5 Å². The van der Waals surface area contributed by atoms with E-state index >= 15 is 0 Å². The van der Waals surface area contributed by atoms with Crippen LogP contribution in [0.5, 0.6) is 0 Å². The van der Waals surface area contributed by atoms with Crippen molar-refractivity contribution in [3.05, 3.63) is 0 Å². The normalized spacial score (nSPS) is 25.7. The summed E-state index contributed by atoms with van der Waals surface area (Å²) in [6.07, 6.45) is 2.37. The highest BCUT2D eigenvalue weighted by Gasteiger charge is 2.26. The summed E-state index contributed by atoms with van der Waals surface area (Å²) in [7, 11) is -3.48. The first kappa shape index (κ1) is 14.4. The summed E-state index contributed by atoms with van der Waals surface area (Å²) in [4.78, 5) is 10.3. The van der Waals surface area contributed by atoms with Gasteiger partial charge in [0.15, 0.2) is 0 Å². The summed E-state index contributed by atoms with van der Waals surface area (Å²) in [5.74, 6) is -1.21. The molecule has 2 unspecified atom stereocenters. The molecule has 6 nitrogen and oxygen atoms in total. The van der Waals surface area contributed by atoms with Gasteiger partial charge in [0.2, 0.25) is 10.0 Å². The van der Waals surface area contributed by atoms with E-state index in [2.05, 4.69) is 4.72 Å².